The van der Waals surface area contributed by atoms with Gasteiger partial charge in [-0.05, 0) is 30.2 Å². The van der Waals surface area contributed by atoms with Crippen molar-refractivity contribution < 1.29 is 4.74 Å². The van der Waals surface area contributed by atoms with Gasteiger partial charge in [-0.3, -0.25) is 9.97 Å². The Kier molecular flexibility index (Phi) is 5.91. The first-order valence-corrected chi connectivity index (χ1v) is 7.35. The molecular formula is C17H22N4O. The monoisotopic (exact) mass is 298 g/mol. The largest absolute Gasteiger partial charge is 0.490 e. The fourth-order valence-corrected chi connectivity index (χ4v) is 1.88. The molecule has 0 bridgehead atoms. The first-order chi connectivity index (χ1) is 10.7. The van der Waals surface area contributed by atoms with Crippen molar-refractivity contribution in [2.75, 3.05) is 13.2 Å². The summed E-state index contributed by atoms with van der Waals surface area (Å²) in [5.74, 6) is 0.748. The zero-order valence-electron chi connectivity index (χ0n) is 12.8. The van der Waals surface area contributed by atoms with Crippen molar-refractivity contribution in [1.82, 2.24) is 15.3 Å². The topological polar surface area (TPSA) is 73.1 Å². The van der Waals surface area contributed by atoms with Gasteiger partial charge in [0, 0.05) is 18.9 Å². The molecule has 0 amide bonds. The van der Waals surface area contributed by atoms with Crippen LogP contribution in [0.1, 0.15) is 18.2 Å². The third-order valence-corrected chi connectivity index (χ3v) is 3.19. The number of nitrogens with zero attached hydrogens (tertiary/aromatic N) is 2. The van der Waals surface area contributed by atoms with Gasteiger partial charge in [-0.2, -0.15) is 0 Å². The minimum atomic E-state index is -0.147. The highest BCUT2D eigenvalue weighted by atomic mass is 16.5. The van der Waals surface area contributed by atoms with E-state index in [9.17, 15) is 0 Å². The zero-order chi connectivity index (χ0) is 15.8. The van der Waals surface area contributed by atoms with E-state index in [2.05, 4.69) is 28.8 Å². The third-order valence-electron chi connectivity index (χ3n) is 3.19. The smallest absolute Gasteiger partial charge is 0.137 e. The van der Waals surface area contributed by atoms with E-state index >= 15 is 0 Å². The van der Waals surface area contributed by atoms with Gasteiger partial charge < -0.3 is 15.8 Å². The minimum Gasteiger partial charge on any atom is -0.490 e. The maximum atomic E-state index is 6.05. The Balaban J connectivity index is 1.76. The molecule has 0 saturated heterocycles. The Hall–Kier alpha value is -2.40. The second-order valence-electron chi connectivity index (χ2n) is 5.03. The molecule has 0 aliphatic rings. The third kappa shape index (κ3) is 4.86. The van der Waals surface area contributed by atoms with Crippen LogP contribution >= 0.6 is 0 Å². The van der Waals surface area contributed by atoms with E-state index in [4.69, 9.17) is 10.5 Å². The van der Waals surface area contributed by atoms with Gasteiger partial charge in [-0.15, -0.1) is 0 Å². The molecule has 0 radical (unpaired) electrons. The SMILES string of the molecule is C=C(NC[C@H](N)COc1cncc(CC)c1)c1ccccn1. The molecule has 1 atom stereocenters. The standard InChI is InChI=1S/C17H22N4O/c1-3-14-8-16(11-19-9-14)22-12-15(18)10-21-13(2)17-6-4-5-7-20-17/h4-9,11,15,21H,2-3,10,12,18H2,1H3/t15-/m0/s1. The van der Waals surface area contributed by atoms with Crippen molar-refractivity contribution >= 4 is 5.70 Å². The molecule has 0 unspecified atom stereocenters. The highest BCUT2D eigenvalue weighted by Crippen LogP contribution is 2.11. The van der Waals surface area contributed by atoms with Gasteiger partial charge in [-0.1, -0.05) is 19.6 Å². The zero-order valence-corrected chi connectivity index (χ0v) is 12.8. The summed E-state index contributed by atoms with van der Waals surface area (Å²) >= 11 is 0. The van der Waals surface area contributed by atoms with Gasteiger partial charge in [0.1, 0.15) is 12.4 Å². The number of aryl methyl sites for hydroxylation is 1. The van der Waals surface area contributed by atoms with Crippen molar-refractivity contribution in [2.45, 2.75) is 19.4 Å². The predicted molar refractivity (Wildman–Crippen MR) is 88.4 cm³/mol. The average Bonchev–Trinajstić information content (AvgIpc) is 2.58. The van der Waals surface area contributed by atoms with Crippen LogP contribution < -0.4 is 15.8 Å². The number of hydrogen-bond donors (Lipinski definition) is 2. The number of hydrogen-bond acceptors (Lipinski definition) is 5. The second kappa shape index (κ2) is 8.14. The maximum absolute atomic E-state index is 6.05. The number of rotatable bonds is 8. The summed E-state index contributed by atoms with van der Waals surface area (Å²) in [7, 11) is 0. The summed E-state index contributed by atoms with van der Waals surface area (Å²) in [5.41, 5.74) is 8.77. The molecule has 116 valence electrons. The normalized spacial score (nSPS) is 11.7. The fourth-order valence-electron chi connectivity index (χ4n) is 1.88. The Bertz CT molecular complexity index is 601. The first kappa shape index (κ1) is 16.0. The van der Waals surface area contributed by atoms with Crippen LogP contribution in [0.5, 0.6) is 5.75 Å². The quantitative estimate of drug-likeness (QED) is 0.780. The summed E-state index contributed by atoms with van der Waals surface area (Å²) in [5, 5.41) is 3.18. The van der Waals surface area contributed by atoms with E-state index in [1.165, 1.54) is 0 Å². The lowest BCUT2D eigenvalue weighted by Gasteiger charge is -2.16. The lowest BCUT2D eigenvalue weighted by atomic mass is 10.2. The average molecular weight is 298 g/mol. The van der Waals surface area contributed by atoms with E-state index < -0.39 is 0 Å². The van der Waals surface area contributed by atoms with Crippen LogP contribution in [0.4, 0.5) is 0 Å². The summed E-state index contributed by atoms with van der Waals surface area (Å²) in [4.78, 5) is 8.37. The van der Waals surface area contributed by atoms with Gasteiger partial charge >= 0.3 is 0 Å². The molecule has 0 saturated carbocycles. The number of nitrogens with one attached hydrogen (secondary N) is 1. The van der Waals surface area contributed by atoms with Crippen LogP contribution in [0.2, 0.25) is 0 Å². The molecule has 2 aromatic heterocycles. The molecule has 5 heteroatoms. The van der Waals surface area contributed by atoms with Crippen LogP contribution in [0.15, 0.2) is 49.4 Å². The van der Waals surface area contributed by atoms with Gasteiger partial charge in [0.05, 0.1) is 23.6 Å². The molecule has 0 aromatic carbocycles. The molecule has 0 spiro atoms. The lowest BCUT2D eigenvalue weighted by Crippen LogP contribution is -2.37. The molecule has 0 aliphatic carbocycles. The molecule has 2 aromatic rings. The van der Waals surface area contributed by atoms with Crippen molar-refractivity contribution in [2.24, 2.45) is 5.73 Å². The van der Waals surface area contributed by atoms with Crippen LogP contribution in [0.25, 0.3) is 5.70 Å². The molecule has 3 N–H and O–H groups in total. The van der Waals surface area contributed by atoms with Crippen molar-refractivity contribution in [3.63, 3.8) is 0 Å². The molecule has 2 rings (SSSR count). The van der Waals surface area contributed by atoms with Crippen molar-refractivity contribution in [3.05, 3.63) is 60.7 Å². The van der Waals surface area contributed by atoms with E-state index in [0.29, 0.717) is 13.2 Å². The highest BCUT2D eigenvalue weighted by molar-refractivity contribution is 5.57. The Morgan fingerprint density at radius 2 is 2.27 bits per heavy atom. The molecule has 0 fully saturated rings. The summed E-state index contributed by atoms with van der Waals surface area (Å²) in [6.45, 7) is 7.02. The van der Waals surface area contributed by atoms with Gasteiger partial charge in [0.25, 0.3) is 0 Å². The Morgan fingerprint density at radius 1 is 1.41 bits per heavy atom. The highest BCUT2D eigenvalue weighted by Gasteiger charge is 2.06. The number of nitrogens with two attached hydrogens (primary N) is 1. The number of pyridine rings is 2. The van der Waals surface area contributed by atoms with Crippen molar-refractivity contribution in [1.29, 1.82) is 0 Å². The number of ether oxygens (including phenoxy) is 1. The summed E-state index contributed by atoms with van der Waals surface area (Å²) < 4.78 is 5.68. The predicted octanol–water partition coefficient (Wildman–Crippen LogP) is 2.01. The summed E-state index contributed by atoms with van der Waals surface area (Å²) in [6, 6.07) is 7.53. The summed E-state index contributed by atoms with van der Waals surface area (Å²) in [6.07, 6.45) is 6.21. The molecule has 22 heavy (non-hydrogen) atoms. The van der Waals surface area contributed by atoms with Gasteiger partial charge in [-0.25, -0.2) is 0 Å². The van der Waals surface area contributed by atoms with Gasteiger partial charge in [0.2, 0.25) is 0 Å². The van der Waals surface area contributed by atoms with Crippen LogP contribution in [-0.2, 0) is 6.42 Å². The molecule has 5 nitrogen and oxygen atoms in total. The molecule has 2 heterocycles. The van der Waals surface area contributed by atoms with Crippen LogP contribution in [0, 0.1) is 0 Å². The lowest BCUT2D eigenvalue weighted by molar-refractivity contribution is 0.286. The van der Waals surface area contributed by atoms with Crippen molar-refractivity contribution in [3.8, 4) is 5.75 Å². The van der Waals surface area contributed by atoms with E-state index in [1.54, 1.807) is 12.4 Å². The van der Waals surface area contributed by atoms with E-state index in [1.807, 2.05) is 30.5 Å². The minimum absolute atomic E-state index is 0.147. The first-order valence-electron chi connectivity index (χ1n) is 7.35. The fraction of sp³-hybridized carbons (Fsp3) is 0.294. The van der Waals surface area contributed by atoms with E-state index in [0.717, 1.165) is 29.1 Å². The number of aromatic nitrogens is 2. The van der Waals surface area contributed by atoms with E-state index in [-0.39, 0.29) is 6.04 Å². The van der Waals surface area contributed by atoms with Gasteiger partial charge in [0.15, 0.2) is 0 Å². The second-order valence-corrected chi connectivity index (χ2v) is 5.03. The molecule has 0 aliphatic heterocycles. The Morgan fingerprint density at radius 3 is 3.00 bits per heavy atom. The maximum Gasteiger partial charge on any atom is 0.137 e. The van der Waals surface area contributed by atoms with Crippen LogP contribution in [-0.4, -0.2) is 29.2 Å². The van der Waals surface area contributed by atoms with Crippen LogP contribution in [0.3, 0.4) is 0 Å². The molecular weight excluding hydrogens is 276 g/mol. The Labute approximate surface area is 131 Å².